The lowest BCUT2D eigenvalue weighted by Crippen LogP contribution is -2.25. The van der Waals surface area contributed by atoms with Gasteiger partial charge in [0.15, 0.2) is 5.76 Å². The first-order chi connectivity index (χ1) is 9.15. The van der Waals surface area contributed by atoms with Gasteiger partial charge in [0.2, 0.25) is 0 Å². The van der Waals surface area contributed by atoms with Gasteiger partial charge < -0.3 is 15.1 Å². The molecule has 0 saturated heterocycles. The van der Waals surface area contributed by atoms with Gasteiger partial charge in [0, 0.05) is 12.7 Å². The Kier molecular flexibility index (Phi) is 3.64. The van der Waals surface area contributed by atoms with Crippen molar-refractivity contribution in [3.8, 4) is 6.07 Å². The molecule has 1 heterocycles. The lowest BCUT2D eigenvalue weighted by molar-refractivity contribution is 0.0965. The van der Waals surface area contributed by atoms with E-state index in [0.717, 1.165) is 0 Å². The number of carbonyl (C=O) groups excluding carboxylic acids is 1. The fourth-order valence-corrected chi connectivity index (χ4v) is 1.67. The molecule has 2 N–H and O–H groups in total. The first kappa shape index (κ1) is 12.9. The third kappa shape index (κ3) is 2.64. The highest BCUT2D eigenvalue weighted by Gasteiger charge is 2.17. The number of furan rings is 1. The van der Waals surface area contributed by atoms with Crippen molar-refractivity contribution in [1.29, 1.82) is 5.26 Å². The third-order valence-corrected chi connectivity index (χ3v) is 2.74. The van der Waals surface area contributed by atoms with Gasteiger partial charge in [-0.1, -0.05) is 6.07 Å². The van der Waals surface area contributed by atoms with E-state index in [1.807, 2.05) is 6.07 Å². The molecular weight excluding hydrogens is 242 g/mol. The quantitative estimate of drug-likeness (QED) is 0.907. The smallest absolute Gasteiger partial charge is 0.293 e. The fourth-order valence-electron chi connectivity index (χ4n) is 1.67. The van der Waals surface area contributed by atoms with E-state index in [4.69, 9.17) is 15.4 Å². The van der Waals surface area contributed by atoms with E-state index < -0.39 is 0 Å². The van der Waals surface area contributed by atoms with Crippen LogP contribution in [0.3, 0.4) is 0 Å². The van der Waals surface area contributed by atoms with Crippen LogP contribution in [-0.4, -0.2) is 13.0 Å². The van der Waals surface area contributed by atoms with E-state index in [-0.39, 0.29) is 18.2 Å². The van der Waals surface area contributed by atoms with Gasteiger partial charge in [0.25, 0.3) is 5.91 Å². The van der Waals surface area contributed by atoms with Gasteiger partial charge in [-0.25, -0.2) is 0 Å². The van der Waals surface area contributed by atoms with Crippen molar-refractivity contribution in [2.24, 2.45) is 5.73 Å². The summed E-state index contributed by atoms with van der Waals surface area (Å²) < 4.78 is 5.31. The van der Waals surface area contributed by atoms with Gasteiger partial charge in [-0.15, -0.1) is 0 Å². The summed E-state index contributed by atoms with van der Waals surface area (Å²) in [5, 5.41) is 8.85. The van der Waals surface area contributed by atoms with E-state index in [0.29, 0.717) is 17.0 Å². The molecule has 1 aromatic carbocycles. The van der Waals surface area contributed by atoms with Crippen LogP contribution in [0.4, 0.5) is 5.69 Å². The van der Waals surface area contributed by atoms with E-state index in [9.17, 15) is 4.79 Å². The third-order valence-electron chi connectivity index (χ3n) is 2.74. The number of amides is 1. The predicted octanol–water partition coefficient (Wildman–Crippen LogP) is 1.89. The van der Waals surface area contributed by atoms with Crippen molar-refractivity contribution in [1.82, 2.24) is 0 Å². The van der Waals surface area contributed by atoms with Crippen LogP contribution >= 0.6 is 0 Å². The molecule has 0 radical (unpaired) electrons. The summed E-state index contributed by atoms with van der Waals surface area (Å²) in [5.41, 5.74) is 6.57. The molecule has 2 rings (SSSR count). The largest absolute Gasteiger partial charge is 0.455 e. The fraction of sp³-hybridized carbons (Fsp3) is 0.143. The molecule has 19 heavy (non-hydrogen) atoms. The Morgan fingerprint density at radius 3 is 2.84 bits per heavy atom. The topological polar surface area (TPSA) is 83.3 Å². The van der Waals surface area contributed by atoms with E-state index >= 15 is 0 Å². The van der Waals surface area contributed by atoms with Crippen LogP contribution in [0.1, 0.15) is 21.9 Å². The SMILES string of the molecule is CN(C(=O)c1ccc(CN)o1)c1cccc(C#N)c1. The number of nitrogens with two attached hydrogens (primary N) is 1. The van der Waals surface area contributed by atoms with E-state index in [1.54, 1.807) is 43.4 Å². The van der Waals surface area contributed by atoms with Gasteiger partial charge in [-0.05, 0) is 30.3 Å². The molecule has 1 aromatic heterocycles. The molecule has 0 aliphatic rings. The van der Waals surface area contributed by atoms with Crippen molar-refractivity contribution < 1.29 is 9.21 Å². The number of nitriles is 1. The van der Waals surface area contributed by atoms with Gasteiger partial charge in [-0.3, -0.25) is 4.79 Å². The summed E-state index contributed by atoms with van der Waals surface area (Å²) in [6, 6.07) is 12.1. The van der Waals surface area contributed by atoms with E-state index in [2.05, 4.69) is 0 Å². The highest BCUT2D eigenvalue weighted by atomic mass is 16.4. The van der Waals surface area contributed by atoms with Crippen molar-refractivity contribution in [3.05, 3.63) is 53.5 Å². The average Bonchev–Trinajstić information content (AvgIpc) is 2.94. The Labute approximate surface area is 110 Å². The molecule has 5 nitrogen and oxygen atoms in total. The monoisotopic (exact) mass is 255 g/mol. The maximum atomic E-state index is 12.2. The molecule has 0 spiro atoms. The Morgan fingerprint density at radius 2 is 2.21 bits per heavy atom. The molecule has 96 valence electrons. The van der Waals surface area contributed by atoms with Gasteiger partial charge >= 0.3 is 0 Å². The van der Waals surface area contributed by atoms with Crippen LogP contribution in [0.15, 0.2) is 40.8 Å². The summed E-state index contributed by atoms with van der Waals surface area (Å²) in [6.45, 7) is 0.251. The van der Waals surface area contributed by atoms with Gasteiger partial charge in [0.05, 0.1) is 18.2 Å². The molecule has 0 atom stereocenters. The van der Waals surface area contributed by atoms with Gasteiger partial charge in [0.1, 0.15) is 5.76 Å². The van der Waals surface area contributed by atoms with Gasteiger partial charge in [-0.2, -0.15) is 5.26 Å². The van der Waals surface area contributed by atoms with Crippen LogP contribution in [-0.2, 0) is 6.54 Å². The summed E-state index contributed by atoms with van der Waals surface area (Å²) in [7, 11) is 1.63. The lowest BCUT2D eigenvalue weighted by atomic mass is 10.2. The summed E-state index contributed by atoms with van der Waals surface area (Å²) in [6.07, 6.45) is 0. The first-order valence-corrected chi connectivity index (χ1v) is 5.72. The number of hydrogen-bond acceptors (Lipinski definition) is 4. The molecule has 0 unspecified atom stereocenters. The standard InChI is InChI=1S/C14H13N3O2/c1-17(11-4-2-3-10(7-11)8-15)14(18)13-6-5-12(9-16)19-13/h2-7H,9,16H2,1H3. The highest BCUT2D eigenvalue weighted by molar-refractivity contribution is 6.03. The van der Waals surface area contributed by atoms with Crippen molar-refractivity contribution in [3.63, 3.8) is 0 Å². The van der Waals surface area contributed by atoms with Crippen molar-refractivity contribution >= 4 is 11.6 Å². The normalized spacial score (nSPS) is 9.95. The number of hydrogen-bond donors (Lipinski definition) is 1. The maximum Gasteiger partial charge on any atom is 0.293 e. The van der Waals surface area contributed by atoms with Crippen LogP contribution in [0.5, 0.6) is 0 Å². The molecule has 0 saturated carbocycles. The molecule has 2 aromatic rings. The predicted molar refractivity (Wildman–Crippen MR) is 70.5 cm³/mol. The molecular formula is C14H13N3O2. The zero-order chi connectivity index (χ0) is 13.8. The minimum absolute atomic E-state index is 0.227. The Hall–Kier alpha value is -2.58. The molecule has 0 fully saturated rings. The van der Waals surface area contributed by atoms with Crippen LogP contribution in [0, 0.1) is 11.3 Å². The number of rotatable bonds is 3. The number of benzene rings is 1. The van der Waals surface area contributed by atoms with Crippen LogP contribution in [0.2, 0.25) is 0 Å². The summed E-state index contributed by atoms with van der Waals surface area (Å²) in [4.78, 5) is 13.6. The minimum atomic E-state index is -0.283. The summed E-state index contributed by atoms with van der Waals surface area (Å²) >= 11 is 0. The Bertz CT molecular complexity index is 640. The zero-order valence-electron chi connectivity index (χ0n) is 10.5. The zero-order valence-corrected chi connectivity index (χ0v) is 10.5. The number of anilines is 1. The molecule has 0 bridgehead atoms. The molecule has 0 aliphatic heterocycles. The number of nitrogens with zero attached hydrogens (tertiary/aromatic N) is 2. The van der Waals surface area contributed by atoms with Crippen molar-refractivity contribution in [2.45, 2.75) is 6.54 Å². The van der Waals surface area contributed by atoms with E-state index in [1.165, 1.54) is 4.90 Å². The van der Waals surface area contributed by atoms with Crippen molar-refractivity contribution in [2.75, 3.05) is 11.9 Å². The second-order valence-corrected chi connectivity index (χ2v) is 4.00. The summed E-state index contributed by atoms with van der Waals surface area (Å²) in [5.74, 6) is 0.502. The Balaban J connectivity index is 2.25. The molecule has 0 aliphatic carbocycles. The Morgan fingerprint density at radius 1 is 1.42 bits per heavy atom. The van der Waals surface area contributed by atoms with Crippen LogP contribution < -0.4 is 10.6 Å². The van der Waals surface area contributed by atoms with Crippen LogP contribution in [0.25, 0.3) is 0 Å². The minimum Gasteiger partial charge on any atom is -0.455 e. The number of carbonyl (C=O) groups is 1. The maximum absolute atomic E-state index is 12.2. The second kappa shape index (κ2) is 5.38. The lowest BCUT2D eigenvalue weighted by Gasteiger charge is -2.15. The molecule has 5 heteroatoms. The average molecular weight is 255 g/mol. The molecule has 1 amide bonds. The second-order valence-electron chi connectivity index (χ2n) is 4.00. The highest BCUT2D eigenvalue weighted by Crippen LogP contribution is 2.18. The first-order valence-electron chi connectivity index (χ1n) is 5.72.